The van der Waals surface area contributed by atoms with E-state index in [1.165, 1.54) is 0 Å². The van der Waals surface area contributed by atoms with Crippen LogP contribution in [0.3, 0.4) is 0 Å². The van der Waals surface area contributed by atoms with E-state index in [2.05, 4.69) is 8.99 Å². The summed E-state index contributed by atoms with van der Waals surface area (Å²) >= 11 is 0. The molecule has 0 N–H and O–H groups in total. The van der Waals surface area contributed by atoms with Gasteiger partial charge in [0.15, 0.2) is 0 Å². The molecule has 0 bridgehead atoms. The molecule has 0 aliphatic rings. The number of phosphoric acid groups is 2. The van der Waals surface area contributed by atoms with Crippen molar-refractivity contribution in [3.8, 4) is 0 Å². The predicted molar refractivity (Wildman–Crippen MR) is 17.4 cm³/mol. The molecule has 0 heterocycles. The Morgan fingerprint density at radius 1 is 0.929 bits per heavy atom. The second-order valence-electron chi connectivity index (χ2n) is 1.05. The fourth-order valence-corrected chi connectivity index (χ4v) is 1.22. The van der Waals surface area contributed by atoms with Gasteiger partial charge in [0.2, 0.25) is 0 Å². The molecule has 1 unspecified atom stereocenters. The first-order valence-corrected chi connectivity index (χ1v) is 4.55. The van der Waals surface area contributed by atoms with Gasteiger partial charge in [-0.1, -0.05) is 0 Å². The summed E-state index contributed by atoms with van der Waals surface area (Å²) in [6.45, 7) is 0. The standard InChI is InChI=1S/2K.2Na.H4O8P2/c;;;;1-7-10(5,6)8-9(2,3)4/h;;;;1H,(H,5,6)(H2,2,3,4)/q4*+1;/p-4. The van der Waals surface area contributed by atoms with E-state index in [4.69, 9.17) is 5.26 Å². The van der Waals surface area contributed by atoms with Crippen molar-refractivity contribution >= 4 is 15.6 Å². The van der Waals surface area contributed by atoms with Gasteiger partial charge < -0.3 is 29.2 Å². The largest absolute Gasteiger partial charge is 1.00 e. The molecule has 0 aliphatic heterocycles. The van der Waals surface area contributed by atoms with Crippen molar-refractivity contribution in [1.29, 1.82) is 0 Å². The van der Waals surface area contributed by atoms with Gasteiger partial charge >= 0.3 is 162 Å². The summed E-state index contributed by atoms with van der Waals surface area (Å²) in [7, 11) is -11.2. The van der Waals surface area contributed by atoms with Crippen LogP contribution in [0.1, 0.15) is 0 Å². The van der Waals surface area contributed by atoms with Crippen molar-refractivity contribution in [2.75, 3.05) is 0 Å². The SMILES string of the molecule is O=P([O-])([O-])OP(=O)([O-])O[O-].[K+].[K+].[Na+].[Na+]. The predicted octanol–water partition coefficient (Wildman–Crippen LogP) is -15.4. The molecule has 0 aromatic heterocycles. The molecule has 0 aromatic carbocycles. The van der Waals surface area contributed by atoms with E-state index in [0.717, 1.165) is 0 Å². The Balaban J connectivity index is -0.0000000675. The Morgan fingerprint density at radius 2 is 1.21 bits per heavy atom. The van der Waals surface area contributed by atoms with E-state index < -0.39 is 15.6 Å². The molecule has 14 heteroatoms. The van der Waals surface area contributed by atoms with Crippen LogP contribution in [-0.2, 0) is 18.1 Å². The zero-order valence-corrected chi connectivity index (χ0v) is 20.2. The van der Waals surface area contributed by atoms with Gasteiger partial charge in [-0.05, 0) is 0 Å². The molecule has 0 fully saturated rings. The quantitative estimate of drug-likeness (QED) is 0.216. The summed E-state index contributed by atoms with van der Waals surface area (Å²) < 4.78 is 24.1. The van der Waals surface area contributed by atoms with E-state index in [1.54, 1.807) is 0 Å². The topological polar surface area (TPSA) is 145 Å². The second-order valence-corrected chi connectivity index (χ2v) is 3.64. The number of hydrogen-bond acceptors (Lipinski definition) is 8. The second kappa shape index (κ2) is 14.9. The van der Waals surface area contributed by atoms with Crippen LogP contribution < -0.4 is 182 Å². The summed E-state index contributed by atoms with van der Waals surface area (Å²) in [4.78, 5) is 28.6. The number of rotatable bonds is 3. The normalized spacial score (nSPS) is 13.1. The Kier molecular flexibility index (Phi) is 33.8. The maximum absolute atomic E-state index is 9.71. The minimum absolute atomic E-state index is 0. The molecule has 0 amide bonds. The van der Waals surface area contributed by atoms with E-state index in [-0.39, 0.29) is 162 Å². The van der Waals surface area contributed by atoms with Gasteiger partial charge in [-0.2, -0.15) is 0 Å². The van der Waals surface area contributed by atoms with E-state index in [9.17, 15) is 23.8 Å². The molecule has 14 heavy (non-hydrogen) atoms. The first-order valence-electron chi connectivity index (χ1n) is 1.63. The minimum atomic E-state index is -5.70. The average Bonchev–Trinajstić information content (AvgIpc) is 1.60. The van der Waals surface area contributed by atoms with Crippen LogP contribution in [-0.4, -0.2) is 0 Å². The van der Waals surface area contributed by atoms with Crippen LogP contribution in [0.2, 0.25) is 0 Å². The van der Waals surface area contributed by atoms with Gasteiger partial charge in [0, 0.05) is 0 Å². The van der Waals surface area contributed by atoms with E-state index >= 15 is 0 Å². The van der Waals surface area contributed by atoms with Gasteiger partial charge in [0.25, 0.3) is 7.82 Å². The molecular weight excluding hydrogens is 314 g/mol. The van der Waals surface area contributed by atoms with Gasteiger partial charge in [0.05, 0.1) is 7.82 Å². The molecule has 0 aliphatic carbocycles. The molecule has 62 valence electrons. The van der Waals surface area contributed by atoms with Crippen molar-refractivity contribution in [2.24, 2.45) is 0 Å². The Bertz CT molecular complexity index is 202. The molecule has 0 rings (SSSR count). The van der Waals surface area contributed by atoms with Crippen LogP contribution in [0.25, 0.3) is 0 Å². The van der Waals surface area contributed by atoms with Crippen molar-refractivity contribution in [2.45, 2.75) is 0 Å². The molecular formula is K2Na2O8P2. The zero-order chi connectivity index (χ0) is 8.41. The maximum atomic E-state index is 9.71. The first kappa shape index (κ1) is 31.7. The molecule has 8 nitrogen and oxygen atoms in total. The van der Waals surface area contributed by atoms with Crippen molar-refractivity contribution in [3.63, 3.8) is 0 Å². The fraction of sp³-hybridized carbons (Fsp3) is 0. The third kappa shape index (κ3) is 22.7. The smallest absolute Gasteiger partial charge is 0.790 e. The first-order chi connectivity index (χ1) is 4.27. The van der Waals surface area contributed by atoms with Gasteiger partial charge in [0.1, 0.15) is 0 Å². The van der Waals surface area contributed by atoms with Crippen LogP contribution in [0, 0.1) is 0 Å². The van der Waals surface area contributed by atoms with Gasteiger partial charge in [-0.25, -0.2) is 0 Å². The summed E-state index contributed by atoms with van der Waals surface area (Å²) in [5, 5.41) is 9.03. The molecule has 0 saturated heterocycles. The molecule has 1 atom stereocenters. The van der Waals surface area contributed by atoms with Crippen LogP contribution in [0.4, 0.5) is 0 Å². The van der Waals surface area contributed by atoms with Gasteiger partial charge in [-0.3, -0.25) is 8.88 Å². The van der Waals surface area contributed by atoms with Crippen molar-refractivity contribution < 1.29 is 200 Å². The van der Waals surface area contributed by atoms with Crippen LogP contribution >= 0.6 is 15.6 Å². The number of hydrogen-bond donors (Lipinski definition) is 0. The summed E-state index contributed by atoms with van der Waals surface area (Å²) in [6.07, 6.45) is 0. The van der Waals surface area contributed by atoms with E-state index in [1.807, 2.05) is 0 Å². The Hall–Kier alpha value is 5.49. The third-order valence-electron chi connectivity index (χ3n) is 0.291. The Morgan fingerprint density at radius 3 is 1.29 bits per heavy atom. The molecule has 0 spiro atoms. The van der Waals surface area contributed by atoms with Crippen LogP contribution in [0.5, 0.6) is 0 Å². The zero-order valence-electron chi connectivity index (χ0n) is 8.16. The summed E-state index contributed by atoms with van der Waals surface area (Å²) in [6, 6.07) is 0. The van der Waals surface area contributed by atoms with Crippen LogP contribution in [0.15, 0.2) is 0 Å². The summed E-state index contributed by atoms with van der Waals surface area (Å²) in [5.74, 6) is 0. The van der Waals surface area contributed by atoms with Gasteiger partial charge in [-0.15, -0.1) is 0 Å². The summed E-state index contributed by atoms with van der Waals surface area (Å²) in [5.41, 5.74) is 0. The minimum Gasteiger partial charge on any atom is -0.790 e. The van der Waals surface area contributed by atoms with E-state index in [0.29, 0.717) is 0 Å². The van der Waals surface area contributed by atoms with Crippen molar-refractivity contribution in [1.82, 2.24) is 0 Å². The maximum Gasteiger partial charge on any atom is 1.00 e. The Labute approximate surface area is 209 Å². The molecule has 0 aromatic rings. The average molecular weight is 314 g/mol. The molecule has 0 saturated carbocycles. The monoisotopic (exact) mass is 314 g/mol. The van der Waals surface area contributed by atoms with Crippen molar-refractivity contribution in [3.05, 3.63) is 0 Å². The third-order valence-corrected chi connectivity index (χ3v) is 2.07. The fourth-order valence-electron chi connectivity index (χ4n) is 0.136. The molecule has 0 radical (unpaired) electrons.